The standard InChI is InChI=1S/C55H103NO7/c1-4-6-8-10-12-14-16-18-20-22-24-26-28-30-32-37-53(57)39-34-43-56(45-36-41-55(59)42-46-61-49-50-63-52-51-62-48-47-60-3)44-35-40-54(58)38-33-31-29-27-25-23-21-19-17-15-13-11-9-7-5-2/h18-21H,4-17,22-52H2,1-3H3/b20-18-,21-19-. The molecule has 0 spiro atoms. The number of rotatable bonds is 54. The molecule has 0 unspecified atom stereocenters. The minimum Gasteiger partial charge on any atom is -0.382 e. The van der Waals surface area contributed by atoms with Crippen molar-refractivity contribution in [2.24, 2.45) is 0 Å². The number of methoxy groups -OCH3 is 1. The largest absolute Gasteiger partial charge is 0.382 e. The highest BCUT2D eigenvalue weighted by atomic mass is 16.6. The van der Waals surface area contributed by atoms with E-state index in [9.17, 15) is 14.4 Å². The molecule has 0 aliphatic heterocycles. The van der Waals surface area contributed by atoms with Crippen molar-refractivity contribution in [3.8, 4) is 0 Å². The van der Waals surface area contributed by atoms with Crippen LogP contribution in [0.1, 0.15) is 239 Å². The van der Waals surface area contributed by atoms with Crippen LogP contribution in [0.2, 0.25) is 0 Å². The predicted octanol–water partition coefficient (Wildman–Crippen LogP) is 14.5. The van der Waals surface area contributed by atoms with Gasteiger partial charge in [-0.25, -0.2) is 0 Å². The summed E-state index contributed by atoms with van der Waals surface area (Å²) in [6.07, 6.45) is 48.4. The molecular weight excluding hydrogens is 787 g/mol. The van der Waals surface area contributed by atoms with Crippen LogP contribution in [-0.2, 0) is 33.3 Å². The molecule has 0 saturated carbocycles. The molecule has 0 fully saturated rings. The van der Waals surface area contributed by atoms with Gasteiger partial charge in [0.05, 0.1) is 46.2 Å². The van der Waals surface area contributed by atoms with E-state index in [0.29, 0.717) is 96.3 Å². The van der Waals surface area contributed by atoms with Gasteiger partial charge in [0.25, 0.3) is 0 Å². The number of nitrogens with zero attached hydrogens (tertiary/aromatic N) is 1. The zero-order chi connectivity index (χ0) is 45.8. The smallest absolute Gasteiger partial charge is 0.135 e. The van der Waals surface area contributed by atoms with Crippen LogP contribution in [0.3, 0.4) is 0 Å². The second-order valence-corrected chi connectivity index (χ2v) is 18.0. The van der Waals surface area contributed by atoms with Gasteiger partial charge in [-0.05, 0) is 103 Å². The van der Waals surface area contributed by atoms with E-state index in [2.05, 4.69) is 43.1 Å². The van der Waals surface area contributed by atoms with Crippen LogP contribution in [-0.4, -0.2) is 95.2 Å². The van der Waals surface area contributed by atoms with Crippen LogP contribution in [0, 0.1) is 0 Å². The summed E-state index contributed by atoms with van der Waals surface area (Å²) >= 11 is 0. The van der Waals surface area contributed by atoms with Gasteiger partial charge in [0.2, 0.25) is 0 Å². The maximum atomic E-state index is 12.7. The highest BCUT2D eigenvalue weighted by Gasteiger charge is 2.11. The number of allylic oxidation sites excluding steroid dienone is 4. The molecule has 8 nitrogen and oxygen atoms in total. The molecule has 0 N–H and O–H groups in total. The van der Waals surface area contributed by atoms with E-state index in [4.69, 9.17) is 18.9 Å². The van der Waals surface area contributed by atoms with Crippen molar-refractivity contribution in [2.75, 3.05) is 73.0 Å². The summed E-state index contributed by atoms with van der Waals surface area (Å²) in [6.45, 7) is 10.6. The molecule has 0 amide bonds. The number of hydrogen-bond acceptors (Lipinski definition) is 8. The van der Waals surface area contributed by atoms with E-state index in [1.165, 1.54) is 141 Å². The van der Waals surface area contributed by atoms with Gasteiger partial charge in [-0.2, -0.15) is 0 Å². The summed E-state index contributed by atoms with van der Waals surface area (Å²) in [6, 6.07) is 0. The van der Waals surface area contributed by atoms with E-state index in [1.54, 1.807) is 7.11 Å². The molecule has 0 atom stereocenters. The molecule has 0 heterocycles. The number of ketones is 3. The molecular formula is C55H103NO7. The monoisotopic (exact) mass is 890 g/mol. The minimum atomic E-state index is 0.215. The van der Waals surface area contributed by atoms with Gasteiger partial charge in [-0.3, -0.25) is 14.4 Å². The summed E-state index contributed by atoms with van der Waals surface area (Å²) in [5.74, 6) is 0.963. The third kappa shape index (κ3) is 51.1. The molecule has 0 bridgehead atoms. The highest BCUT2D eigenvalue weighted by Crippen LogP contribution is 2.14. The van der Waals surface area contributed by atoms with E-state index in [-0.39, 0.29) is 5.78 Å². The summed E-state index contributed by atoms with van der Waals surface area (Å²) in [7, 11) is 1.65. The van der Waals surface area contributed by atoms with Crippen molar-refractivity contribution in [1.82, 2.24) is 4.90 Å². The molecule has 0 aliphatic carbocycles. The Morgan fingerprint density at radius 3 is 0.984 bits per heavy atom. The van der Waals surface area contributed by atoms with Crippen molar-refractivity contribution >= 4 is 17.3 Å². The predicted molar refractivity (Wildman–Crippen MR) is 267 cm³/mol. The first-order valence-electron chi connectivity index (χ1n) is 26.8. The van der Waals surface area contributed by atoms with Crippen molar-refractivity contribution in [1.29, 1.82) is 0 Å². The lowest BCUT2D eigenvalue weighted by Crippen LogP contribution is -2.28. The molecule has 0 aromatic heterocycles. The average Bonchev–Trinajstić information content (AvgIpc) is 3.28. The van der Waals surface area contributed by atoms with E-state index in [0.717, 1.165) is 64.6 Å². The lowest BCUT2D eigenvalue weighted by atomic mass is 10.0. The Kier molecular flexibility index (Phi) is 51.5. The maximum absolute atomic E-state index is 12.7. The number of carbonyl (C=O) groups is 3. The first-order chi connectivity index (χ1) is 31.0. The topological polar surface area (TPSA) is 91.4 Å². The molecule has 0 aromatic carbocycles. The number of ether oxygens (including phenoxy) is 4. The summed E-state index contributed by atoms with van der Waals surface area (Å²) in [4.78, 5) is 40.5. The summed E-state index contributed by atoms with van der Waals surface area (Å²) in [5, 5.41) is 0. The minimum absolute atomic E-state index is 0.215. The molecule has 0 aliphatic rings. The van der Waals surface area contributed by atoms with E-state index >= 15 is 0 Å². The van der Waals surface area contributed by atoms with Crippen LogP contribution < -0.4 is 0 Å². The quantitative estimate of drug-likeness (QED) is 0.0440. The molecule has 63 heavy (non-hydrogen) atoms. The van der Waals surface area contributed by atoms with Crippen LogP contribution in [0.15, 0.2) is 24.3 Å². The second-order valence-electron chi connectivity index (χ2n) is 18.0. The van der Waals surface area contributed by atoms with Gasteiger partial charge >= 0.3 is 0 Å². The lowest BCUT2D eigenvalue weighted by Gasteiger charge is -2.22. The summed E-state index contributed by atoms with van der Waals surface area (Å²) in [5.41, 5.74) is 0. The van der Waals surface area contributed by atoms with Gasteiger partial charge in [-0.15, -0.1) is 0 Å². The third-order valence-electron chi connectivity index (χ3n) is 11.9. The SMILES string of the molecule is CCCCCCCC/C=C\CCCCCCCC(=O)CCCN(CCCC(=O)CCCCCCC/C=C\CCCCCCCC)CCCC(=O)CCOCCOCCOCCOC. The van der Waals surface area contributed by atoms with Crippen LogP contribution in [0.25, 0.3) is 0 Å². The Morgan fingerprint density at radius 1 is 0.333 bits per heavy atom. The second kappa shape index (κ2) is 52.9. The summed E-state index contributed by atoms with van der Waals surface area (Å²) < 4.78 is 21.4. The Bertz CT molecular complexity index is 972. The van der Waals surface area contributed by atoms with Crippen molar-refractivity contribution < 1.29 is 33.3 Å². The van der Waals surface area contributed by atoms with Crippen molar-refractivity contribution in [3.63, 3.8) is 0 Å². The van der Waals surface area contributed by atoms with E-state index < -0.39 is 0 Å². The number of hydrogen-bond donors (Lipinski definition) is 0. The normalized spacial score (nSPS) is 11.9. The Morgan fingerprint density at radius 2 is 0.619 bits per heavy atom. The highest BCUT2D eigenvalue weighted by molar-refractivity contribution is 5.79. The maximum Gasteiger partial charge on any atom is 0.135 e. The number of carbonyl (C=O) groups excluding carboxylic acids is 3. The van der Waals surface area contributed by atoms with Crippen LogP contribution in [0.4, 0.5) is 0 Å². The fraction of sp³-hybridized carbons (Fsp3) is 0.873. The Balaban J connectivity index is 4.31. The molecule has 0 saturated heterocycles. The molecule has 0 radical (unpaired) electrons. The van der Waals surface area contributed by atoms with Gasteiger partial charge in [0, 0.05) is 45.6 Å². The molecule has 0 aromatic rings. The number of unbranched alkanes of at least 4 members (excludes halogenated alkanes) is 22. The fourth-order valence-electron chi connectivity index (χ4n) is 7.87. The average molecular weight is 890 g/mol. The van der Waals surface area contributed by atoms with Gasteiger partial charge in [-0.1, -0.05) is 141 Å². The zero-order valence-corrected chi connectivity index (χ0v) is 41.9. The van der Waals surface area contributed by atoms with Gasteiger partial charge in [0.1, 0.15) is 17.3 Å². The van der Waals surface area contributed by atoms with Crippen molar-refractivity contribution in [2.45, 2.75) is 239 Å². The molecule has 0 rings (SSSR count). The van der Waals surface area contributed by atoms with Crippen LogP contribution >= 0.6 is 0 Å². The van der Waals surface area contributed by atoms with Crippen molar-refractivity contribution in [3.05, 3.63) is 24.3 Å². The molecule has 370 valence electrons. The van der Waals surface area contributed by atoms with Gasteiger partial charge in [0.15, 0.2) is 0 Å². The molecule has 8 heteroatoms. The Labute approximate surface area is 390 Å². The first-order valence-corrected chi connectivity index (χ1v) is 26.8. The van der Waals surface area contributed by atoms with Crippen LogP contribution in [0.5, 0.6) is 0 Å². The third-order valence-corrected chi connectivity index (χ3v) is 11.9. The van der Waals surface area contributed by atoms with Gasteiger partial charge < -0.3 is 23.8 Å². The first kappa shape index (κ1) is 61.3. The Hall–Kier alpha value is -1.71. The zero-order valence-electron chi connectivity index (χ0n) is 41.9. The lowest BCUT2D eigenvalue weighted by molar-refractivity contribution is -0.120. The fourth-order valence-corrected chi connectivity index (χ4v) is 7.87. The number of Topliss-reactive ketones (excluding diaryl/α,β-unsaturated/α-hetero) is 3. The van der Waals surface area contributed by atoms with E-state index in [1.807, 2.05) is 0 Å².